The summed E-state index contributed by atoms with van der Waals surface area (Å²) in [6.45, 7) is 0. The minimum absolute atomic E-state index is 0.259. The molecule has 3 rings (SSSR count). The van der Waals surface area contributed by atoms with Crippen LogP contribution in [0.15, 0.2) is 40.2 Å². The third-order valence-electron chi connectivity index (χ3n) is 2.95. The Balaban J connectivity index is 1.95. The van der Waals surface area contributed by atoms with Crippen LogP contribution in [0.25, 0.3) is 10.1 Å². The lowest BCUT2D eigenvalue weighted by Crippen LogP contribution is -2.42. The maximum Gasteiger partial charge on any atom is 0.286 e. The van der Waals surface area contributed by atoms with Crippen LogP contribution < -0.4 is 5.84 Å². The third-order valence-corrected chi connectivity index (χ3v) is 6.23. The van der Waals surface area contributed by atoms with Crippen molar-refractivity contribution in [3.05, 3.63) is 55.0 Å². The second-order valence-electron chi connectivity index (χ2n) is 4.33. The van der Waals surface area contributed by atoms with Crippen LogP contribution in [0.4, 0.5) is 0 Å². The fourth-order valence-electron chi connectivity index (χ4n) is 1.90. The number of benzene rings is 1. The molecular formula is C14H8BrClN2O2S2. The number of imide groups is 1. The Kier molecular flexibility index (Phi) is 4.33. The highest BCUT2D eigenvalue weighted by Crippen LogP contribution is 2.35. The van der Waals surface area contributed by atoms with Crippen molar-refractivity contribution in [2.75, 3.05) is 0 Å². The van der Waals surface area contributed by atoms with Crippen molar-refractivity contribution >= 4 is 72.1 Å². The second-order valence-corrected chi connectivity index (χ2v) is 8.22. The van der Waals surface area contributed by atoms with Gasteiger partial charge in [0.2, 0.25) is 0 Å². The van der Waals surface area contributed by atoms with E-state index >= 15 is 0 Å². The fourth-order valence-corrected chi connectivity index (χ4v) is 4.67. The van der Waals surface area contributed by atoms with Gasteiger partial charge in [-0.15, -0.1) is 22.7 Å². The Morgan fingerprint density at radius 2 is 1.82 bits per heavy atom. The lowest BCUT2D eigenvalue weighted by Gasteiger charge is -2.12. The first-order chi connectivity index (χ1) is 10.5. The molecule has 0 unspecified atom stereocenters. The smallest absolute Gasteiger partial charge is 0.266 e. The van der Waals surface area contributed by atoms with E-state index in [0.29, 0.717) is 14.9 Å². The van der Waals surface area contributed by atoms with Crippen LogP contribution in [-0.2, 0) is 0 Å². The van der Waals surface area contributed by atoms with Gasteiger partial charge in [0, 0.05) is 10.1 Å². The molecule has 2 N–H and O–H groups in total. The molecule has 0 saturated heterocycles. The molecule has 0 fully saturated rings. The van der Waals surface area contributed by atoms with Crippen LogP contribution in [0.2, 0.25) is 5.02 Å². The SMILES string of the molecule is NN(C(=O)c1ccc(Br)s1)C(=O)c1sc2ccccc2c1Cl. The molecule has 0 aliphatic heterocycles. The van der Waals surface area contributed by atoms with Crippen LogP contribution in [0, 0.1) is 0 Å². The summed E-state index contributed by atoms with van der Waals surface area (Å²) in [5, 5.41) is 1.70. The number of amides is 2. The maximum absolute atomic E-state index is 12.5. The van der Waals surface area contributed by atoms with E-state index < -0.39 is 11.8 Å². The molecule has 0 aliphatic rings. The van der Waals surface area contributed by atoms with Crippen molar-refractivity contribution in [1.29, 1.82) is 0 Å². The van der Waals surface area contributed by atoms with Gasteiger partial charge in [-0.25, -0.2) is 10.9 Å². The number of halogens is 2. The van der Waals surface area contributed by atoms with E-state index in [2.05, 4.69) is 15.9 Å². The number of hydrogen-bond acceptors (Lipinski definition) is 5. The van der Waals surface area contributed by atoms with E-state index in [1.165, 1.54) is 22.7 Å². The number of nitrogens with two attached hydrogens (primary N) is 1. The minimum atomic E-state index is -0.610. The van der Waals surface area contributed by atoms with Crippen LogP contribution in [-0.4, -0.2) is 16.8 Å². The van der Waals surface area contributed by atoms with E-state index in [1.54, 1.807) is 12.1 Å². The summed E-state index contributed by atoms with van der Waals surface area (Å²) in [4.78, 5) is 25.3. The van der Waals surface area contributed by atoms with Crippen molar-refractivity contribution in [2.24, 2.45) is 5.84 Å². The monoisotopic (exact) mass is 414 g/mol. The van der Waals surface area contributed by atoms with Crippen molar-refractivity contribution in [3.8, 4) is 0 Å². The normalized spacial score (nSPS) is 10.9. The van der Waals surface area contributed by atoms with Crippen LogP contribution >= 0.6 is 50.2 Å². The Hall–Kier alpha value is -1.25. The molecule has 1 aromatic carbocycles. The standard InChI is InChI=1S/C14H8BrClN2O2S2/c15-10-6-5-9(21-10)13(19)18(17)14(20)12-11(16)7-3-1-2-4-8(7)22-12/h1-6H,17H2. The zero-order valence-corrected chi connectivity index (χ0v) is 14.9. The quantitative estimate of drug-likeness (QED) is 0.289. The highest BCUT2D eigenvalue weighted by atomic mass is 79.9. The lowest BCUT2D eigenvalue weighted by molar-refractivity contribution is 0.0621. The third kappa shape index (κ3) is 2.70. The molecule has 2 heterocycles. The molecule has 22 heavy (non-hydrogen) atoms. The minimum Gasteiger partial charge on any atom is -0.266 e. The number of hydrogen-bond donors (Lipinski definition) is 1. The molecule has 4 nitrogen and oxygen atoms in total. The van der Waals surface area contributed by atoms with Crippen LogP contribution in [0.5, 0.6) is 0 Å². The first kappa shape index (κ1) is 15.6. The summed E-state index contributed by atoms with van der Waals surface area (Å²) in [7, 11) is 0. The van der Waals surface area contributed by atoms with Crippen molar-refractivity contribution in [1.82, 2.24) is 5.01 Å². The summed E-state index contributed by atoms with van der Waals surface area (Å²) < 4.78 is 1.66. The molecule has 0 saturated carbocycles. The van der Waals surface area contributed by atoms with Gasteiger partial charge in [-0.2, -0.15) is 0 Å². The fraction of sp³-hybridized carbons (Fsp3) is 0. The Morgan fingerprint density at radius 3 is 2.45 bits per heavy atom. The summed E-state index contributed by atoms with van der Waals surface area (Å²) >= 11 is 11.9. The summed E-state index contributed by atoms with van der Waals surface area (Å²) in [6.07, 6.45) is 0. The Labute approximate surface area is 147 Å². The van der Waals surface area contributed by atoms with Crippen LogP contribution in [0.1, 0.15) is 19.3 Å². The van der Waals surface area contributed by atoms with E-state index in [-0.39, 0.29) is 4.88 Å². The molecular weight excluding hydrogens is 408 g/mol. The second kappa shape index (κ2) is 6.10. The predicted octanol–water partition coefficient (Wildman–Crippen LogP) is 4.54. The van der Waals surface area contributed by atoms with Gasteiger partial charge in [-0.1, -0.05) is 29.8 Å². The first-order valence-corrected chi connectivity index (χ1v) is 8.85. The van der Waals surface area contributed by atoms with Crippen molar-refractivity contribution < 1.29 is 9.59 Å². The van der Waals surface area contributed by atoms with Gasteiger partial charge >= 0.3 is 0 Å². The molecule has 0 aliphatic carbocycles. The number of thiophene rings is 2. The predicted molar refractivity (Wildman–Crippen MR) is 93.5 cm³/mol. The molecule has 2 amide bonds. The largest absolute Gasteiger partial charge is 0.286 e. The van der Waals surface area contributed by atoms with E-state index in [0.717, 1.165) is 13.9 Å². The Bertz CT molecular complexity index is 890. The van der Waals surface area contributed by atoms with Crippen molar-refractivity contribution in [3.63, 3.8) is 0 Å². The number of rotatable bonds is 2. The van der Waals surface area contributed by atoms with Gasteiger partial charge < -0.3 is 0 Å². The van der Waals surface area contributed by atoms with Crippen molar-refractivity contribution in [2.45, 2.75) is 0 Å². The van der Waals surface area contributed by atoms with Gasteiger partial charge in [0.1, 0.15) is 4.88 Å². The van der Waals surface area contributed by atoms with Gasteiger partial charge in [-0.3, -0.25) is 9.59 Å². The van der Waals surface area contributed by atoms with E-state index in [4.69, 9.17) is 17.4 Å². The summed E-state index contributed by atoms with van der Waals surface area (Å²) in [5.41, 5.74) is 0. The topological polar surface area (TPSA) is 63.4 Å². The molecule has 112 valence electrons. The summed E-state index contributed by atoms with van der Waals surface area (Å²) in [5.74, 6) is 4.53. The highest BCUT2D eigenvalue weighted by Gasteiger charge is 2.26. The molecule has 0 radical (unpaired) electrons. The molecule has 8 heteroatoms. The van der Waals surface area contributed by atoms with Gasteiger partial charge in [0.15, 0.2) is 0 Å². The summed E-state index contributed by atoms with van der Waals surface area (Å²) in [6, 6.07) is 10.7. The molecule has 0 atom stereocenters. The zero-order valence-electron chi connectivity index (χ0n) is 10.9. The molecule has 3 aromatic rings. The first-order valence-electron chi connectivity index (χ1n) is 6.05. The van der Waals surface area contributed by atoms with Gasteiger partial charge in [-0.05, 0) is 34.1 Å². The van der Waals surface area contributed by atoms with Gasteiger partial charge in [0.05, 0.1) is 13.7 Å². The van der Waals surface area contributed by atoms with E-state index in [1.807, 2.05) is 24.3 Å². The maximum atomic E-state index is 12.5. The molecule has 0 bridgehead atoms. The van der Waals surface area contributed by atoms with Crippen LogP contribution in [0.3, 0.4) is 0 Å². The number of hydrazine groups is 1. The average Bonchev–Trinajstić information content (AvgIpc) is 3.10. The molecule has 2 aromatic heterocycles. The molecule has 0 spiro atoms. The number of carbonyl (C=O) groups is 2. The zero-order chi connectivity index (χ0) is 15.9. The number of fused-ring (bicyclic) bond motifs is 1. The highest BCUT2D eigenvalue weighted by molar-refractivity contribution is 9.11. The number of carbonyl (C=O) groups excluding carboxylic acids is 2. The average molecular weight is 416 g/mol. The van der Waals surface area contributed by atoms with E-state index in [9.17, 15) is 9.59 Å². The number of nitrogens with zero attached hydrogens (tertiary/aromatic N) is 1. The Morgan fingerprint density at radius 1 is 1.09 bits per heavy atom. The van der Waals surface area contributed by atoms with Gasteiger partial charge in [0.25, 0.3) is 11.8 Å². The lowest BCUT2D eigenvalue weighted by atomic mass is 10.2.